The molecule has 2 nitrogen and oxygen atoms in total. The molecule has 0 heterocycles. The van der Waals surface area contributed by atoms with Gasteiger partial charge in [0.25, 0.3) is 0 Å². The number of benzene rings is 2. The topological polar surface area (TPSA) is 32.3 Å². The predicted molar refractivity (Wildman–Crippen MR) is 66.1 cm³/mol. The summed E-state index contributed by atoms with van der Waals surface area (Å²) in [4.78, 5) is 0. The van der Waals surface area contributed by atoms with Crippen LogP contribution in [0, 0.1) is 0 Å². The van der Waals surface area contributed by atoms with Gasteiger partial charge in [0, 0.05) is 12.2 Å². The third-order valence-corrected chi connectivity index (χ3v) is 2.44. The second-order valence-corrected chi connectivity index (χ2v) is 3.70. The lowest BCUT2D eigenvalue weighted by molar-refractivity contribution is 0.281. The molecule has 0 aliphatic heterocycles. The Hall–Kier alpha value is -1.80. The van der Waals surface area contributed by atoms with E-state index < -0.39 is 0 Å². The van der Waals surface area contributed by atoms with Gasteiger partial charge in [-0.25, -0.2) is 0 Å². The van der Waals surface area contributed by atoms with Gasteiger partial charge in [0.05, 0.1) is 6.61 Å². The standard InChI is InChI=1S/C14H15NO/c16-11-13-6-4-5-12(9-13)10-15-14-7-2-1-3-8-14/h1-9,15-16H,10-11H2. The minimum absolute atomic E-state index is 0.0964. The zero-order valence-corrected chi connectivity index (χ0v) is 9.06. The first-order valence-corrected chi connectivity index (χ1v) is 5.36. The third kappa shape index (κ3) is 2.84. The number of rotatable bonds is 4. The fourth-order valence-electron chi connectivity index (χ4n) is 1.60. The summed E-state index contributed by atoms with van der Waals surface area (Å²) in [5, 5.41) is 12.4. The summed E-state index contributed by atoms with van der Waals surface area (Å²) in [6.45, 7) is 0.872. The Labute approximate surface area is 95.6 Å². The number of aliphatic hydroxyl groups excluding tert-OH is 1. The van der Waals surface area contributed by atoms with Gasteiger partial charge in [0.2, 0.25) is 0 Å². The molecule has 0 radical (unpaired) electrons. The van der Waals surface area contributed by atoms with E-state index in [0.717, 1.165) is 17.8 Å². The maximum absolute atomic E-state index is 9.03. The summed E-state index contributed by atoms with van der Waals surface area (Å²) < 4.78 is 0. The van der Waals surface area contributed by atoms with Gasteiger partial charge >= 0.3 is 0 Å². The highest BCUT2D eigenvalue weighted by molar-refractivity contribution is 5.43. The lowest BCUT2D eigenvalue weighted by Gasteiger charge is -2.07. The van der Waals surface area contributed by atoms with Crippen LogP contribution in [-0.2, 0) is 13.2 Å². The Morgan fingerprint density at radius 3 is 2.38 bits per heavy atom. The van der Waals surface area contributed by atoms with Gasteiger partial charge in [-0.3, -0.25) is 0 Å². The second kappa shape index (κ2) is 5.33. The Bertz CT molecular complexity index is 439. The Kier molecular flexibility index (Phi) is 3.57. The largest absolute Gasteiger partial charge is 0.392 e. The van der Waals surface area contributed by atoms with Gasteiger partial charge in [0.15, 0.2) is 0 Å². The van der Waals surface area contributed by atoms with E-state index in [0.29, 0.717) is 0 Å². The van der Waals surface area contributed by atoms with Crippen LogP contribution in [0.25, 0.3) is 0 Å². The van der Waals surface area contributed by atoms with Gasteiger partial charge in [-0.1, -0.05) is 42.5 Å². The van der Waals surface area contributed by atoms with Gasteiger partial charge in [-0.05, 0) is 23.3 Å². The van der Waals surface area contributed by atoms with Crippen molar-refractivity contribution in [3.63, 3.8) is 0 Å². The molecule has 2 aromatic carbocycles. The van der Waals surface area contributed by atoms with Crippen LogP contribution in [0.1, 0.15) is 11.1 Å². The van der Waals surface area contributed by atoms with Crippen molar-refractivity contribution in [1.29, 1.82) is 0 Å². The Morgan fingerprint density at radius 2 is 1.62 bits per heavy atom. The average Bonchev–Trinajstić information content (AvgIpc) is 2.38. The van der Waals surface area contributed by atoms with Crippen molar-refractivity contribution in [2.75, 3.05) is 5.32 Å². The number of aliphatic hydroxyl groups is 1. The van der Waals surface area contributed by atoms with E-state index in [1.54, 1.807) is 0 Å². The number of anilines is 1. The molecule has 2 heteroatoms. The summed E-state index contributed by atoms with van der Waals surface area (Å²) in [5.74, 6) is 0. The number of nitrogens with one attached hydrogen (secondary N) is 1. The van der Waals surface area contributed by atoms with Gasteiger partial charge in [-0.2, -0.15) is 0 Å². The van der Waals surface area contributed by atoms with E-state index in [9.17, 15) is 0 Å². The molecule has 0 fully saturated rings. The minimum atomic E-state index is 0.0964. The Balaban J connectivity index is 1.99. The van der Waals surface area contributed by atoms with E-state index in [4.69, 9.17) is 5.11 Å². The van der Waals surface area contributed by atoms with E-state index >= 15 is 0 Å². The summed E-state index contributed by atoms with van der Waals surface area (Å²) in [5.41, 5.74) is 3.24. The minimum Gasteiger partial charge on any atom is -0.392 e. The molecule has 82 valence electrons. The summed E-state index contributed by atoms with van der Waals surface area (Å²) in [7, 11) is 0. The van der Waals surface area contributed by atoms with Crippen molar-refractivity contribution in [3.05, 3.63) is 65.7 Å². The molecule has 0 atom stereocenters. The van der Waals surface area contributed by atoms with Crippen LogP contribution in [0.3, 0.4) is 0 Å². The molecule has 0 aliphatic rings. The Morgan fingerprint density at radius 1 is 0.875 bits per heavy atom. The summed E-state index contributed by atoms with van der Waals surface area (Å²) in [6, 6.07) is 18.0. The van der Waals surface area contributed by atoms with Crippen molar-refractivity contribution in [2.45, 2.75) is 13.2 Å². The van der Waals surface area contributed by atoms with Gasteiger partial charge in [-0.15, -0.1) is 0 Å². The predicted octanol–water partition coefficient (Wildman–Crippen LogP) is 2.79. The number of hydrogen-bond acceptors (Lipinski definition) is 2. The fraction of sp³-hybridized carbons (Fsp3) is 0.143. The zero-order valence-electron chi connectivity index (χ0n) is 9.06. The normalized spacial score (nSPS) is 10.1. The van der Waals surface area contributed by atoms with Crippen LogP contribution in [0.5, 0.6) is 0 Å². The van der Waals surface area contributed by atoms with Crippen LogP contribution in [-0.4, -0.2) is 5.11 Å². The average molecular weight is 213 g/mol. The van der Waals surface area contributed by atoms with Gasteiger partial charge < -0.3 is 10.4 Å². The molecule has 0 amide bonds. The first-order valence-electron chi connectivity index (χ1n) is 5.36. The fourth-order valence-corrected chi connectivity index (χ4v) is 1.60. The highest BCUT2D eigenvalue weighted by Crippen LogP contribution is 2.10. The molecule has 2 rings (SSSR count). The van der Waals surface area contributed by atoms with Crippen LogP contribution in [0.2, 0.25) is 0 Å². The maximum atomic E-state index is 9.03. The van der Waals surface area contributed by atoms with E-state index in [-0.39, 0.29) is 6.61 Å². The SMILES string of the molecule is OCc1cccc(CNc2ccccc2)c1. The first-order chi connectivity index (χ1) is 7.88. The van der Waals surface area contributed by atoms with Crippen molar-refractivity contribution < 1.29 is 5.11 Å². The lowest BCUT2D eigenvalue weighted by Crippen LogP contribution is -1.99. The molecule has 2 aromatic rings. The van der Waals surface area contributed by atoms with Crippen LogP contribution in [0.15, 0.2) is 54.6 Å². The van der Waals surface area contributed by atoms with E-state index in [1.165, 1.54) is 5.56 Å². The summed E-state index contributed by atoms with van der Waals surface area (Å²) in [6.07, 6.45) is 0. The van der Waals surface area contributed by atoms with Crippen molar-refractivity contribution in [2.24, 2.45) is 0 Å². The van der Waals surface area contributed by atoms with Crippen molar-refractivity contribution in [1.82, 2.24) is 0 Å². The molecule has 0 saturated heterocycles. The molecule has 0 aromatic heterocycles. The quantitative estimate of drug-likeness (QED) is 0.818. The molecular weight excluding hydrogens is 198 g/mol. The molecule has 0 aliphatic carbocycles. The third-order valence-electron chi connectivity index (χ3n) is 2.44. The monoisotopic (exact) mass is 213 g/mol. The molecule has 16 heavy (non-hydrogen) atoms. The van der Waals surface area contributed by atoms with E-state index in [2.05, 4.69) is 11.4 Å². The molecular formula is C14H15NO. The maximum Gasteiger partial charge on any atom is 0.0681 e. The van der Waals surface area contributed by atoms with Crippen molar-refractivity contribution in [3.8, 4) is 0 Å². The molecule has 0 spiro atoms. The van der Waals surface area contributed by atoms with Crippen LogP contribution >= 0.6 is 0 Å². The van der Waals surface area contributed by atoms with Crippen LogP contribution < -0.4 is 5.32 Å². The molecule has 0 bridgehead atoms. The highest BCUT2D eigenvalue weighted by atomic mass is 16.3. The smallest absolute Gasteiger partial charge is 0.0681 e. The molecule has 0 unspecified atom stereocenters. The number of para-hydroxylation sites is 1. The lowest BCUT2D eigenvalue weighted by atomic mass is 10.1. The second-order valence-electron chi connectivity index (χ2n) is 3.70. The molecule has 0 saturated carbocycles. The first kappa shape index (κ1) is 10.7. The number of hydrogen-bond donors (Lipinski definition) is 2. The van der Waals surface area contributed by atoms with Crippen molar-refractivity contribution >= 4 is 5.69 Å². The zero-order chi connectivity index (χ0) is 11.2. The van der Waals surface area contributed by atoms with Crippen LogP contribution in [0.4, 0.5) is 5.69 Å². The summed E-state index contributed by atoms with van der Waals surface area (Å²) >= 11 is 0. The molecule has 2 N–H and O–H groups in total. The van der Waals surface area contributed by atoms with Gasteiger partial charge in [0.1, 0.15) is 0 Å². The van der Waals surface area contributed by atoms with E-state index in [1.807, 2.05) is 48.5 Å². The highest BCUT2D eigenvalue weighted by Gasteiger charge is 1.95.